The number of morpholine rings is 1. The van der Waals surface area contributed by atoms with Crippen molar-refractivity contribution in [2.45, 2.75) is 44.2 Å². The van der Waals surface area contributed by atoms with E-state index in [9.17, 15) is 4.79 Å². The molecule has 3 heterocycles. The molecule has 3 aliphatic rings. The Labute approximate surface area is 115 Å². The van der Waals surface area contributed by atoms with Gasteiger partial charge in [-0.1, -0.05) is 0 Å². The summed E-state index contributed by atoms with van der Waals surface area (Å²) in [7, 11) is 0. The van der Waals surface area contributed by atoms with Crippen LogP contribution in [0.15, 0.2) is 0 Å². The molecule has 0 aromatic heterocycles. The predicted molar refractivity (Wildman–Crippen MR) is 73.2 cm³/mol. The number of hydrogen-bond donors (Lipinski definition) is 1. The van der Waals surface area contributed by atoms with Crippen molar-refractivity contribution in [3.8, 4) is 0 Å². The molecule has 0 aliphatic carbocycles. The van der Waals surface area contributed by atoms with Crippen LogP contribution >= 0.6 is 0 Å². The molecule has 2 unspecified atom stereocenters. The van der Waals surface area contributed by atoms with Crippen molar-refractivity contribution in [2.24, 2.45) is 0 Å². The molecular weight excluding hydrogens is 242 g/mol. The van der Waals surface area contributed by atoms with Gasteiger partial charge in [0.15, 0.2) is 0 Å². The minimum absolute atomic E-state index is 0.238. The Morgan fingerprint density at radius 1 is 1.05 bits per heavy atom. The minimum atomic E-state index is 0.238. The first-order valence-electron chi connectivity index (χ1n) is 7.73. The van der Waals surface area contributed by atoms with Gasteiger partial charge < -0.3 is 19.9 Å². The highest BCUT2D eigenvalue weighted by molar-refractivity contribution is 5.75. The molecule has 0 bridgehead atoms. The molecule has 0 aromatic carbocycles. The summed E-state index contributed by atoms with van der Waals surface area (Å²) in [5.41, 5.74) is 0. The number of hydrogen-bond acceptors (Lipinski definition) is 3. The topological polar surface area (TPSA) is 44.8 Å². The second-order valence-corrected chi connectivity index (χ2v) is 5.84. The fourth-order valence-electron chi connectivity index (χ4n) is 3.59. The fourth-order valence-corrected chi connectivity index (χ4v) is 3.59. The first kappa shape index (κ1) is 13.2. The van der Waals surface area contributed by atoms with E-state index >= 15 is 0 Å². The van der Waals surface area contributed by atoms with Gasteiger partial charge in [-0.25, -0.2) is 4.79 Å². The van der Waals surface area contributed by atoms with Gasteiger partial charge in [0.2, 0.25) is 0 Å². The zero-order chi connectivity index (χ0) is 13.1. The van der Waals surface area contributed by atoms with Crippen LogP contribution in [0.25, 0.3) is 0 Å². The number of piperidine rings is 1. The van der Waals surface area contributed by atoms with Crippen molar-refractivity contribution in [3.63, 3.8) is 0 Å². The van der Waals surface area contributed by atoms with Gasteiger partial charge in [-0.3, -0.25) is 0 Å². The average molecular weight is 267 g/mol. The maximum Gasteiger partial charge on any atom is 0.320 e. The summed E-state index contributed by atoms with van der Waals surface area (Å²) in [5, 5.41) is 3.58. The number of nitrogens with zero attached hydrogens (tertiary/aromatic N) is 2. The molecule has 0 spiro atoms. The third-order valence-corrected chi connectivity index (χ3v) is 4.64. The van der Waals surface area contributed by atoms with Gasteiger partial charge >= 0.3 is 6.03 Å². The Kier molecular flexibility index (Phi) is 4.23. The molecule has 5 heteroatoms. The van der Waals surface area contributed by atoms with Gasteiger partial charge in [0.25, 0.3) is 0 Å². The third kappa shape index (κ3) is 2.87. The lowest BCUT2D eigenvalue weighted by molar-refractivity contribution is 0.0329. The van der Waals surface area contributed by atoms with Crippen LogP contribution in [0.1, 0.15) is 32.1 Å². The monoisotopic (exact) mass is 267 g/mol. The van der Waals surface area contributed by atoms with E-state index in [0.29, 0.717) is 25.3 Å². The van der Waals surface area contributed by atoms with Crippen molar-refractivity contribution in [1.82, 2.24) is 15.1 Å². The van der Waals surface area contributed by atoms with Crippen molar-refractivity contribution in [1.29, 1.82) is 0 Å². The van der Waals surface area contributed by atoms with Crippen molar-refractivity contribution in [3.05, 3.63) is 0 Å². The van der Waals surface area contributed by atoms with E-state index in [2.05, 4.69) is 10.2 Å². The summed E-state index contributed by atoms with van der Waals surface area (Å²) in [6.07, 6.45) is 6.04. The lowest BCUT2D eigenvalue weighted by Crippen LogP contribution is -2.57. The quantitative estimate of drug-likeness (QED) is 0.772. The van der Waals surface area contributed by atoms with Crippen molar-refractivity contribution >= 4 is 6.03 Å². The van der Waals surface area contributed by atoms with Gasteiger partial charge in [-0.05, 0) is 38.6 Å². The van der Waals surface area contributed by atoms with E-state index < -0.39 is 0 Å². The zero-order valence-corrected chi connectivity index (χ0v) is 11.6. The summed E-state index contributed by atoms with van der Waals surface area (Å²) >= 11 is 0. The van der Waals surface area contributed by atoms with E-state index in [1.807, 2.05) is 4.90 Å². The van der Waals surface area contributed by atoms with Gasteiger partial charge in [-0.15, -0.1) is 0 Å². The molecular formula is C14H25N3O2. The maximum atomic E-state index is 12.7. The molecule has 3 rings (SSSR count). The second kappa shape index (κ2) is 6.09. The summed E-state index contributed by atoms with van der Waals surface area (Å²) in [6.45, 7) is 4.91. The van der Waals surface area contributed by atoms with E-state index in [4.69, 9.17) is 4.74 Å². The number of nitrogens with one attached hydrogen (secondary N) is 1. The number of likely N-dealkylation sites (tertiary alicyclic amines) is 1. The van der Waals surface area contributed by atoms with Crippen molar-refractivity contribution in [2.75, 3.05) is 39.4 Å². The number of carbonyl (C=O) groups excluding carboxylic acids is 1. The third-order valence-electron chi connectivity index (χ3n) is 4.64. The molecule has 3 fully saturated rings. The van der Waals surface area contributed by atoms with E-state index in [0.717, 1.165) is 39.0 Å². The Bertz CT molecular complexity index is 312. The molecule has 108 valence electrons. The van der Waals surface area contributed by atoms with Gasteiger partial charge in [-0.2, -0.15) is 0 Å². The van der Waals surface area contributed by atoms with Crippen LogP contribution in [0, 0.1) is 0 Å². The molecule has 3 aliphatic heterocycles. The standard InChI is InChI=1S/C14H25N3O2/c18-14(16-8-10-19-11-9-16)17-7-2-1-5-13(17)12-4-3-6-15-12/h12-13,15H,1-11H2. The smallest absolute Gasteiger partial charge is 0.320 e. The number of amides is 2. The molecule has 0 radical (unpaired) electrons. The number of urea groups is 1. The number of rotatable bonds is 1. The van der Waals surface area contributed by atoms with Crippen LogP contribution in [-0.4, -0.2) is 67.3 Å². The SMILES string of the molecule is O=C(N1CCOCC1)N1CCCCC1C1CCCN1. The molecule has 5 nitrogen and oxygen atoms in total. The first-order chi connectivity index (χ1) is 9.36. The Hall–Kier alpha value is -0.810. The normalized spacial score (nSPS) is 32.6. The molecule has 2 amide bonds. The first-order valence-corrected chi connectivity index (χ1v) is 7.73. The van der Waals surface area contributed by atoms with E-state index in [1.54, 1.807) is 0 Å². The number of ether oxygens (including phenoxy) is 1. The van der Waals surface area contributed by atoms with Crippen molar-refractivity contribution < 1.29 is 9.53 Å². The maximum absolute atomic E-state index is 12.7. The summed E-state index contributed by atoms with van der Waals surface area (Å²) in [4.78, 5) is 16.8. The molecule has 0 aromatic rings. The highest BCUT2D eigenvalue weighted by atomic mass is 16.5. The summed E-state index contributed by atoms with van der Waals surface area (Å²) < 4.78 is 5.34. The predicted octanol–water partition coefficient (Wildman–Crippen LogP) is 1.05. The Morgan fingerprint density at radius 3 is 2.63 bits per heavy atom. The molecule has 0 saturated carbocycles. The molecule has 19 heavy (non-hydrogen) atoms. The highest BCUT2D eigenvalue weighted by Crippen LogP contribution is 2.25. The second-order valence-electron chi connectivity index (χ2n) is 5.84. The fraction of sp³-hybridized carbons (Fsp3) is 0.929. The van der Waals surface area contributed by atoms with Crippen LogP contribution in [-0.2, 0) is 4.74 Å². The summed E-state index contributed by atoms with van der Waals surface area (Å²) in [6, 6.07) is 1.17. The number of carbonyl (C=O) groups is 1. The zero-order valence-electron chi connectivity index (χ0n) is 11.6. The largest absolute Gasteiger partial charge is 0.378 e. The van der Waals surface area contributed by atoms with Crippen LogP contribution in [0.3, 0.4) is 0 Å². The minimum Gasteiger partial charge on any atom is -0.378 e. The average Bonchev–Trinajstić information content (AvgIpc) is 3.01. The molecule has 3 saturated heterocycles. The van der Waals surface area contributed by atoms with E-state index in [1.165, 1.54) is 19.3 Å². The Morgan fingerprint density at radius 2 is 1.89 bits per heavy atom. The lowest BCUT2D eigenvalue weighted by Gasteiger charge is -2.42. The van der Waals surface area contributed by atoms with Gasteiger partial charge in [0.1, 0.15) is 0 Å². The van der Waals surface area contributed by atoms with Gasteiger partial charge in [0.05, 0.1) is 13.2 Å². The molecule has 1 N–H and O–H groups in total. The summed E-state index contributed by atoms with van der Waals surface area (Å²) in [5.74, 6) is 0. The van der Waals surface area contributed by atoms with Crippen LogP contribution in [0.5, 0.6) is 0 Å². The van der Waals surface area contributed by atoms with Crippen LogP contribution in [0.4, 0.5) is 4.79 Å². The van der Waals surface area contributed by atoms with E-state index in [-0.39, 0.29) is 6.03 Å². The Balaban J connectivity index is 1.66. The lowest BCUT2D eigenvalue weighted by atomic mass is 9.95. The van der Waals surface area contributed by atoms with Gasteiger partial charge in [0, 0.05) is 31.7 Å². The van der Waals surface area contributed by atoms with Crippen LogP contribution < -0.4 is 5.32 Å². The van der Waals surface area contributed by atoms with Crippen LogP contribution in [0.2, 0.25) is 0 Å². The molecule has 2 atom stereocenters. The highest BCUT2D eigenvalue weighted by Gasteiger charge is 2.36.